The van der Waals surface area contributed by atoms with E-state index in [1.807, 2.05) is 0 Å². The number of carbonyl (C=O) groups excluding carboxylic acids is 3. The molecule has 5 N–H and O–H groups in total. The van der Waals surface area contributed by atoms with Gasteiger partial charge < -0.3 is 0 Å². The topological polar surface area (TPSA) is 124 Å². The van der Waals surface area contributed by atoms with E-state index < -0.39 is 29.8 Å². The Bertz CT molecular complexity index is 636. The van der Waals surface area contributed by atoms with Crippen LogP contribution in [0.1, 0.15) is 12.0 Å². The number of carbonyl (C=O) groups is 3. The van der Waals surface area contributed by atoms with E-state index in [-0.39, 0.29) is 18.5 Å². The first-order valence-corrected chi connectivity index (χ1v) is 6.72. The van der Waals surface area contributed by atoms with Crippen molar-refractivity contribution in [3.05, 3.63) is 35.6 Å². The highest BCUT2D eigenvalue weighted by Crippen LogP contribution is 2.02. The maximum absolute atomic E-state index is 13.3. The quantitative estimate of drug-likeness (QED) is 0.337. The van der Waals surface area contributed by atoms with Crippen molar-refractivity contribution in [2.75, 3.05) is 6.54 Å². The maximum Gasteiger partial charge on any atom is 0.335 e. The molecule has 1 aromatic rings. The minimum Gasteiger partial charge on any atom is -0.292 e. The highest BCUT2D eigenvalue weighted by molar-refractivity contribution is 5.98. The van der Waals surface area contributed by atoms with Crippen molar-refractivity contribution in [3.8, 4) is 0 Å². The molecule has 122 valence electrons. The van der Waals surface area contributed by atoms with Crippen molar-refractivity contribution >= 4 is 24.1 Å². The lowest BCUT2D eigenvalue weighted by molar-refractivity contribution is -0.125. The molecule has 1 heterocycles. The molecule has 1 aliphatic rings. The maximum atomic E-state index is 13.3. The number of halogens is 1. The molecule has 9 nitrogen and oxygen atoms in total. The van der Waals surface area contributed by atoms with Crippen LogP contribution >= 0.6 is 0 Å². The number of imide groups is 1. The number of hydrazone groups is 1. The normalized spacial score (nSPS) is 17.7. The fourth-order valence-electron chi connectivity index (χ4n) is 1.70. The lowest BCUT2D eigenvalue weighted by atomic mass is 10.2. The molecular formula is C13H15FN6O3. The first-order chi connectivity index (χ1) is 11.1. The van der Waals surface area contributed by atoms with Crippen LogP contribution in [-0.2, 0) is 9.59 Å². The number of urea groups is 1. The molecule has 1 atom stereocenters. The van der Waals surface area contributed by atoms with Crippen LogP contribution in [-0.4, -0.2) is 36.8 Å². The Morgan fingerprint density at radius 2 is 2.13 bits per heavy atom. The molecule has 1 unspecified atom stereocenters. The fourth-order valence-corrected chi connectivity index (χ4v) is 1.70. The minimum absolute atomic E-state index is 0.0357. The number of nitrogens with one attached hydrogen (secondary N) is 5. The number of nitrogens with zero attached hydrogens (tertiary/aromatic N) is 1. The molecule has 2 rings (SSSR count). The van der Waals surface area contributed by atoms with Gasteiger partial charge in [-0.3, -0.25) is 25.6 Å². The van der Waals surface area contributed by atoms with Gasteiger partial charge >= 0.3 is 6.03 Å². The monoisotopic (exact) mass is 322 g/mol. The molecule has 0 aromatic heterocycles. The van der Waals surface area contributed by atoms with Gasteiger partial charge in [0.2, 0.25) is 5.91 Å². The Hall–Kier alpha value is -2.85. The van der Waals surface area contributed by atoms with Gasteiger partial charge in [0.25, 0.3) is 5.91 Å². The van der Waals surface area contributed by atoms with Crippen LogP contribution in [0.4, 0.5) is 9.18 Å². The molecule has 1 aliphatic heterocycles. The first kappa shape index (κ1) is 16.5. The van der Waals surface area contributed by atoms with Crippen molar-refractivity contribution in [1.29, 1.82) is 0 Å². The van der Waals surface area contributed by atoms with Crippen molar-refractivity contribution in [1.82, 2.24) is 26.9 Å². The average Bonchev–Trinajstić information content (AvgIpc) is 2.51. The van der Waals surface area contributed by atoms with Crippen molar-refractivity contribution in [2.45, 2.75) is 12.6 Å². The molecule has 10 heteroatoms. The van der Waals surface area contributed by atoms with E-state index in [0.717, 1.165) is 0 Å². The third kappa shape index (κ3) is 5.13. The molecule has 23 heavy (non-hydrogen) atoms. The molecule has 1 aromatic carbocycles. The predicted octanol–water partition coefficient (Wildman–Crippen LogP) is -1.07. The summed E-state index contributed by atoms with van der Waals surface area (Å²) in [4.78, 5) is 33.7. The molecular weight excluding hydrogens is 307 g/mol. The Morgan fingerprint density at radius 3 is 2.87 bits per heavy atom. The van der Waals surface area contributed by atoms with E-state index in [1.54, 1.807) is 12.1 Å². The van der Waals surface area contributed by atoms with Crippen LogP contribution in [0.25, 0.3) is 0 Å². The summed E-state index contributed by atoms with van der Waals surface area (Å²) in [5, 5.41) is 8.43. The van der Waals surface area contributed by atoms with Crippen LogP contribution in [0.5, 0.6) is 0 Å². The third-order valence-electron chi connectivity index (χ3n) is 2.83. The molecule has 0 bridgehead atoms. The Morgan fingerprint density at radius 1 is 1.35 bits per heavy atom. The third-order valence-corrected chi connectivity index (χ3v) is 2.83. The summed E-state index contributed by atoms with van der Waals surface area (Å²) < 4.78 is 13.3. The predicted molar refractivity (Wildman–Crippen MR) is 78.4 cm³/mol. The van der Waals surface area contributed by atoms with Gasteiger partial charge in [-0.1, -0.05) is 18.2 Å². The Balaban J connectivity index is 1.68. The van der Waals surface area contributed by atoms with Crippen LogP contribution in [0.2, 0.25) is 0 Å². The van der Waals surface area contributed by atoms with Crippen LogP contribution in [0.15, 0.2) is 29.4 Å². The largest absolute Gasteiger partial charge is 0.335 e. The van der Waals surface area contributed by atoms with Gasteiger partial charge in [0.15, 0.2) is 6.17 Å². The average molecular weight is 322 g/mol. The van der Waals surface area contributed by atoms with E-state index >= 15 is 0 Å². The summed E-state index contributed by atoms with van der Waals surface area (Å²) >= 11 is 0. The summed E-state index contributed by atoms with van der Waals surface area (Å²) in [7, 11) is 0. The summed E-state index contributed by atoms with van der Waals surface area (Å²) in [5.41, 5.74) is 7.15. The zero-order chi connectivity index (χ0) is 16.7. The second kappa shape index (κ2) is 7.96. The lowest BCUT2D eigenvalue weighted by Crippen LogP contribution is -2.67. The van der Waals surface area contributed by atoms with E-state index in [2.05, 4.69) is 32.0 Å². The van der Waals surface area contributed by atoms with Crippen LogP contribution in [0.3, 0.4) is 0 Å². The van der Waals surface area contributed by atoms with Crippen LogP contribution < -0.4 is 26.9 Å². The number of hydrogen-bond donors (Lipinski definition) is 5. The molecule has 4 amide bonds. The standard InChI is InChI=1S/C13H15FN6O3/c14-9-4-2-1-3-8(9)7-16-18-10(21)5-6-15-11-12(22)17-13(23)20-19-11/h1-4,7,11,15,19H,5-6H2,(H,18,21)(H2,17,20,22,23)/b16-7+. The van der Waals surface area contributed by atoms with Gasteiger partial charge in [0, 0.05) is 18.5 Å². The Labute approximate surface area is 130 Å². The van der Waals surface area contributed by atoms with Gasteiger partial charge in [-0.2, -0.15) is 5.10 Å². The van der Waals surface area contributed by atoms with Crippen molar-refractivity contribution < 1.29 is 18.8 Å². The molecule has 0 saturated carbocycles. The van der Waals surface area contributed by atoms with E-state index in [1.165, 1.54) is 18.3 Å². The number of hydrogen-bond acceptors (Lipinski definition) is 6. The second-order valence-electron chi connectivity index (χ2n) is 4.54. The van der Waals surface area contributed by atoms with Crippen molar-refractivity contribution in [2.24, 2.45) is 5.10 Å². The smallest absolute Gasteiger partial charge is 0.292 e. The molecule has 0 aliphatic carbocycles. The van der Waals surface area contributed by atoms with Crippen LogP contribution in [0, 0.1) is 5.82 Å². The first-order valence-electron chi connectivity index (χ1n) is 6.72. The highest BCUT2D eigenvalue weighted by atomic mass is 19.1. The molecule has 1 saturated heterocycles. The molecule has 1 fully saturated rings. The van der Waals surface area contributed by atoms with Gasteiger partial charge in [-0.25, -0.2) is 20.0 Å². The zero-order valence-corrected chi connectivity index (χ0v) is 11.9. The molecule has 0 spiro atoms. The van der Waals surface area contributed by atoms with E-state index in [0.29, 0.717) is 0 Å². The van der Waals surface area contributed by atoms with Gasteiger partial charge in [0.05, 0.1) is 6.21 Å². The van der Waals surface area contributed by atoms with Gasteiger partial charge in [0.1, 0.15) is 5.82 Å². The van der Waals surface area contributed by atoms with E-state index in [9.17, 15) is 18.8 Å². The number of hydrazine groups is 1. The number of amides is 4. The number of rotatable bonds is 6. The lowest BCUT2D eigenvalue weighted by Gasteiger charge is -2.23. The summed E-state index contributed by atoms with van der Waals surface area (Å²) in [5.74, 6) is -1.40. The summed E-state index contributed by atoms with van der Waals surface area (Å²) in [6.45, 7) is 0.169. The Kier molecular flexibility index (Phi) is 5.72. The minimum atomic E-state index is -0.831. The highest BCUT2D eigenvalue weighted by Gasteiger charge is 2.24. The zero-order valence-electron chi connectivity index (χ0n) is 11.9. The summed E-state index contributed by atoms with van der Waals surface area (Å²) in [6.07, 6.45) is 0.405. The molecule has 0 radical (unpaired) electrons. The van der Waals surface area contributed by atoms with E-state index in [4.69, 9.17) is 0 Å². The SMILES string of the molecule is O=C(CCNC1NNC(=O)NC1=O)N/N=C/c1ccccc1F. The summed E-state index contributed by atoms with van der Waals surface area (Å²) in [6, 6.07) is 5.36. The fraction of sp³-hybridized carbons (Fsp3) is 0.231. The van der Waals surface area contributed by atoms with Crippen molar-refractivity contribution in [3.63, 3.8) is 0 Å². The van der Waals surface area contributed by atoms with Gasteiger partial charge in [-0.05, 0) is 6.07 Å². The second-order valence-corrected chi connectivity index (χ2v) is 4.54. The number of benzene rings is 1. The van der Waals surface area contributed by atoms with Gasteiger partial charge in [-0.15, -0.1) is 0 Å².